The van der Waals surface area contributed by atoms with Crippen LogP contribution in [-0.4, -0.2) is 37.6 Å². The molecular formula is C44H92N2. The van der Waals surface area contributed by atoms with Gasteiger partial charge < -0.3 is 10.2 Å². The first-order valence-electron chi connectivity index (χ1n) is 22.3. The average molecular weight is 649 g/mol. The molecule has 0 unspecified atom stereocenters. The summed E-state index contributed by atoms with van der Waals surface area (Å²) in [5.41, 5.74) is 0. The van der Waals surface area contributed by atoms with E-state index in [0.29, 0.717) is 0 Å². The molecule has 0 aliphatic heterocycles. The fraction of sp³-hybridized carbons (Fsp3) is 1.00. The third kappa shape index (κ3) is 40.1. The maximum Gasteiger partial charge on any atom is 0.0107 e. The van der Waals surface area contributed by atoms with Gasteiger partial charge in [0.2, 0.25) is 0 Å². The summed E-state index contributed by atoms with van der Waals surface area (Å²) in [6, 6.07) is 0. The van der Waals surface area contributed by atoms with Gasteiger partial charge in [0.15, 0.2) is 0 Å². The van der Waals surface area contributed by atoms with Crippen LogP contribution < -0.4 is 5.32 Å². The minimum absolute atomic E-state index is 1.19. The molecule has 0 aromatic carbocycles. The predicted molar refractivity (Wildman–Crippen MR) is 213 cm³/mol. The van der Waals surface area contributed by atoms with Crippen molar-refractivity contribution in [1.82, 2.24) is 10.2 Å². The first-order chi connectivity index (χ1) is 22.8. The van der Waals surface area contributed by atoms with E-state index in [1.807, 2.05) is 0 Å². The van der Waals surface area contributed by atoms with Gasteiger partial charge in [-0.1, -0.05) is 233 Å². The van der Waals surface area contributed by atoms with Gasteiger partial charge in [0.05, 0.1) is 0 Å². The van der Waals surface area contributed by atoms with Gasteiger partial charge >= 0.3 is 0 Å². The maximum atomic E-state index is 3.80. The zero-order valence-corrected chi connectivity index (χ0v) is 32.9. The minimum Gasteiger partial charge on any atom is -0.315 e. The Morgan fingerprint density at radius 2 is 0.478 bits per heavy atom. The number of nitrogens with zero attached hydrogens (tertiary/aromatic N) is 1. The Kier molecular flexibility index (Phi) is 42.9. The molecule has 0 atom stereocenters. The van der Waals surface area contributed by atoms with Crippen LogP contribution in [0.3, 0.4) is 0 Å². The van der Waals surface area contributed by atoms with Crippen molar-refractivity contribution in [2.45, 2.75) is 252 Å². The molecule has 0 amide bonds. The van der Waals surface area contributed by atoms with Crippen molar-refractivity contribution in [3.63, 3.8) is 0 Å². The van der Waals surface area contributed by atoms with Crippen LogP contribution in [-0.2, 0) is 0 Å². The van der Waals surface area contributed by atoms with Crippen LogP contribution in [0.1, 0.15) is 252 Å². The van der Waals surface area contributed by atoms with Crippen LogP contribution in [0.5, 0.6) is 0 Å². The van der Waals surface area contributed by atoms with Crippen molar-refractivity contribution in [2.24, 2.45) is 0 Å². The Hall–Kier alpha value is -0.0800. The van der Waals surface area contributed by atoms with Gasteiger partial charge in [-0.2, -0.15) is 0 Å². The number of nitrogens with one attached hydrogen (secondary N) is 1. The smallest absolute Gasteiger partial charge is 0.0107 e. The Balaban J connectivity index is 3.90. The lowest BCUT2D eigenvalue weighted by atomic mass is 10.0. The Morgan fingerprint density at radius 3 is 0.761 bits per heavy atom. The summed E-state index contributed by atoms with van der Waals surface area (Å²) in [5.74, 6) is 0. The molecule has 0 heterocycles. The fourth-order valence-corrected chi connectivity index (χ4v) is 7.14. The topological polar surface area (TPSA) is 15.3 Å². The Labute approximate surface area is 294 Å². The molecular weight excluding hydrogens is 556 g/mol. The van der Waals surface area contributed by atoms with E-state index in [2.05, 4.69) is 31.0 Å². The molecule has 0 aromatic heterocycles. The van der Waals surface area contributed by atoms with E-state index in [9.17, 15) is 0 Å². The summed E-state index contributed by atoms with van der Waals surface area (Å²) in [6.45, 7) is 13.3. The van der Waals surface area contributed by atoms with Crippen molar-refractivity contribution >= 4 is 0 Å². The van der Waals surface area contributed by atoms with E-state index in [1.54, 1.807) is 0 Å². The van der Waals surface area contributed by atoms with Gasteiger partial charge in [-0.15, -0.1) is 0 Å². The molecule has 2 nitrogen and oxygen atoms in total. The lowest BCUT2D eigenvalue weighted by Gasteiger charge is -2.22. The maximum absolute atomic E-state index is 3.80. The highest BCUT2D eigenvalue weighted by atomic mass is 15.1. The van der Waals surface area contributed by atoms with Gasteiger partial charge in [0.1, 0.15) is 0 Å². The molecule has 1 N–H and O–H groups in total. The summed E-state index contributed by atoms with van der Waals surface area (Å²) in [7, 11) is 0. The molecule has 46 heavy (non-hydrogen) atoms. The van der Waals surface area contributed by atoms with Crippen LogP contribution in [0.15, 0.2) is 0 Å². The molecule has 0 saturated carbocycles. The van der Waals surface area contributed by atoms with Crippen LogP contribution in [0.2, 0.25) is 0 Å². The molecule has 2 heteroatoms. The molecule has 0 bridgehead atoms. The van der Waals surface area contributed by atoms with Crippen LogP contribution >= 0.6 is 0 Å². The van der Waals surface area contributed by atoms with E-state index >= 15 is 0 Å². The third-order valence-electron chi connectivity index (χ3n) is 10.5. The van der Waals surface area contributed by atoms with E-state index in [1.165, 1.54) is 264 Å². The van der Waals surface area contributed by atoms with Gasteiger partial charge in [-0.3, -0.25) is 0 Å². The number of hydrogen-bond acceptors (Lipinski definition) is 2. The molecule has 0 saturated heterocycles. The number of rotatable bonds is 42. The SMILES string of the molecule is CCCCCCCCCCCCCCNCCN(CCCCCCCCCCCCCC)CCCCCCCCCCCCCC. The van der Waals surface area contributed by atoms with E-state index in [4.69, 9.17) is 0 Å². The first kappa shape index (κ1) is 45.9. The predicted octanol–water partition coefficient (Wildman–Crippen LogP) is 15.0. The van der Waals surface area contributed by atoms with Gasteiger partial charge in [0.25, 0.3) is 0 Å². The highest BCUT2D eigenvalue weighted by molar-refractivity contribution is 4.62. The molecule has 0 radical (unpaired) electrons. The minimum atomic E-state index is 1.19. The standard InChI is InChI=1S/C44H92N2/c1-4-7-10-13-16-19-22-25-28-31-34-37-40-45-41-44-46(42-38-35-32-29-26-23-20-17-14-11-8-5-2)43-39-36-33-30-27-24-21-18-15-12-9-6-3/h45H,4-44H2,1-3H3. The summed E-state index contributed by atoms with van der Waals surface area (Å²) in [6.07, 6.45) is 52.1. The first-order valence-corrected chi connectivity index (χ1v) is 22.3. The van der Waals surface area contributed by atoms with Gasteiger partial charge in [-0.05, 0) is 38.9 Å². The summed E-state index contributed by atoms with van der Waals surface area (Å²) in [4.78, 5) is 2.81. The lowest BCUT2D eigenvalue weighted by Crippen LogP contribution is -2.34. The van der Waals surface area contributed by atoms with Crippen LogP contribution in [0, 0.1) is 0 Å². The molecule has 0 aliphatic carbocycles. The molecule has 0 aromatic rings. The van der Waals surface area contributed by atoms with Crippen molar-refractivity contribution in [1.29, 1.82) is 0 Å². The van der Waals surface area contributed by atoms with E-state index < -0.39 is 0 Å². The average Bonchev–Trinajstić information content (AvgIpc) is 3.07. The van der Waals surface area contributed by atoms with Crippen molar-refractivity contribution in [3.8, 4) is 0 Å². The summed E-state index contributed by atoms with van der Waals surface area (Å²) in [5, 5.41) is 3.80. The molecule has 278 valence electrons. The largest absolute Gasteiger partial charge is 0.315 e. The monoisotopic (exact) mass is 649 g/mol. The molecule has 0 fully saturated rings. The second kappa shape index (κ2) is 42.9. The number of hydrogen-bond donors (Lipinski definition) is 1. The van der Waals surface area contributed by atoms with Crippen molar-refractivity contribution in [3.05, 3.63) is 0 Å². The summed E-state index contributed by atoms with van der Waals surface area (Å²) < 4.78 is 0. The van der Waals surface area contributed by atoms with Crippen LogP contribution in [0.4, 0.5) is 0 Å². The normalized spacial score (nSPS) is 11.7. The van der Waals surface area contributed by atoms with E-state index in [-0.39, 0.29) is 0 Å². The van der Waals surface area contributed by atoms with E-state index in [0.717, 1.165) is 0 Å². The molecule has 0 rings (SSSR count). The quantitative estimate of drug-likeness (QED) is 0.0663. The zero-order chi connectivity index (χ0) is 33.3. The number of unbranched alkanes of at least 4 members (excludes halogenated alkanes) is 33. The third-order valence-corrected chi connectivity index (χ3v) is 10.5. The zero-order valence-electron chi connectivity index (χ0n) is 32.9. The highest BCUT2D eigenvalue weighted by Gasteiger charge is 2.05. The summed E-state index contributed by atoms with van der Waals surface area (Å²) >= 11 is 0. The molecule has 0 spiro atoms. The van der Waals surface area contributed by atoms with Crippen molar-refractivity contribution in [2.75, 3.05) is 32.7 Å². The fourth-order valence-electron chi connectivity index (χ4n) is 7.14. The van der Waals surface area contributed by atoms with Crippen LogP contribution in [0.25, 0.3) is 0 Å². The Bertz CT molecular complexity index is 478. The van der Waals surface area contributed by atoms with Gasteiger partial charge in [-0.25, -0.2) is 0 Å². The second-order valence-electron chi connectivity index (χ2n) is 15.3. The second-order valence-corrected chi connectivity index (χ2v) is 15.3. The molecule has 0 aliphatic rings. The Morgan fingerprint density at radius 1 is 0.239 bits per heavy atom. The lowest BCUT2D eigenvalue weighted by molar-refractivity contribution is 0.259. The van der Waals surface area contributed by atoms with Gasteiger partial charge in [0, 0.05) is 13.1 Å². The highest BCUT2D eigenvalue weighted by Crippen LogP contribution is 2.15. The van der Waals surface area contributed by atoms with Crippen molar-refractivity contribution < 1.29 is 0 Å².